The van der Waals surface area contributed by atoms with E-state index in [9.17, 15) is 4.79 Å². The van der Waals surface area contributed by atoms with Crippen molar-refractivity contribution in [1.29, 1.82) is 0 Å². The Labute approximate surface area is 116 Å². The van der Waals surface area contributed by atoms with Gasteiger partial charge in [-0.25, -0.2) is 0 Å². The van der Waals surface area contributed by atoms with Crippen LogP contribution in [0.5, 0.6) is 0 Å². The number of nitrogens with zero attached hydrogens (tertiary/aromatic N) is 1. The molecule has 0 bridgehead atoms. The van der Waals surface area contributed by atoms with Gasteiger partial charge in [0.15, 0.2) is 0 Å². The quantitative estimate of drug-likeness (QED) is 0.906. The smallest absolute Gasteiger partial charge is 0.228 e. The maximum atomic E-state index is 12.7. The third-order valence-corrected chi connectivity index (χ3v) is 4.41. The Bertz CT molecular complexity index is 424. The van der Waals surface area contributed by atoms with E-state index in [0.29, 0.717) is 0 Å². The van der Waals surface area contributed by atoms with Crippen molar-refractivity contribution in [3.8, 4) is 0 Å². The highest BCUT2D eigenvalue weighted by Gasteiger charge is 2.37. The fourth-order valence-electron chi connectivity index (χ4n) is 2.75. The highest BCUT2D eigenvalue weighted by atomic mass is 16.2. The van der Waals surface area contributed by atoms with Gasteiger partial charge in [-0.2, -0.15) is 0 Å². The lowest BCUT2D eigenvalue weighted by Gasteiger charge is -2.38. The van der Waals surface area contributed by atoms with E-state index in [1.165, 1.54) is 5.56 Å². The summed E-state index contributed by atoms with van der Waals surface area (Å²) in [6.07, 6.45) is 1.86. The number of nitrogens with one attached hydrogen (secondary N) is 1. The van der Waals surface area contributed by atoms with Gasteiger partial charge >= 0.3 is 0 Å². The molecular weight excluding hydrogens is 236 g/mol. The van der Waals surface area contributed by atoms with Crippen molar-refractivity contribution < 1.29 is 4.79 Å². The highest BCUT2D eigenvalue weighted by molar-refractivity contribution is 5.82. The van der Waals surface area contributed by atoms with Crippen LogP contribution in [-0.2, 0) is 4.79 Å². The average Bonchev–Trinajstić information content (AvgIpc) is 2.46. The normalized spacial score (nSPS) is 19.7. The first kappa shape index (κ1) is 14.1. The second-order valence-electron chi connectivity index (χ2n) is 5.81. The van der Waals surface area contributed by atoms with Crippen LogP contribution >= 0.6 is 0 Å². The number of carbonyl (C=O) groups excluding carboxylic acids is 1. The van der Waals surface area contributed by atoms with Crippen molar-refractivity contribution in [2.75, 3.05) is 20.1 Å². The maximum absolute atomic E-state index is 12.7. The van der Waals surface area contributed by atoms with Crippen LogP contribution in [0.1, 0.15) is 38.3 Å². The van der Waals surface area contributed by atoms with E-state index in [4.69, 9.17) is 0 Å². The van der Waals surface area contributed by atoms with Gasteiger partial charge in [0.1, 0.15) is 0 Å². The third kappa shape index (κ3) is 2.98. The monoisotopic (exact) mass is 260 g/mol. The summed E-state index contributed by atoms with van der Waals surface area (Å²) >= 11 is 0. The summed E-state index contributed by atoms with van der Waals surface area (Å²) in [6, 6.07) is 10.3. The molecule has 3 nitrogen and oxygen atoms in total. The molecule has 1 amide bonds. The van der Waals surface area contributed by atoms with Gasteiger partial charge in [-0.1, -0.05) is 37.3 Å². The van der Waals surface area contributed by atoms with E-state index in [0.717, 1.165) is 25.9 Å². The molecule has 0 saturated carbocycles. The number of piperidine rings is 1. The molecule has 0 aromatic heterocycles. The Morgan fingerprint density at radius 3 is 2.42 bits per heavy atom. The molecule has 1 aliphatic rings. The van der Waals surface area contributed by atoms with Gasteiger partial charge in [0.25, 0.3) is 0 Å². The van der Waals surface area contributed by atoms with Crippen LogP contribution in [0.15, 0.2) is 30.3 Å². The molecule has 1 unspecified atom stereocenters. The molecule has 0 spiro atoms. The van der Waals surface area contributed by atoms with E-state index >= 15 is 0 Å². The van der Waals surface area contributed by atoms with E-state index in [-0.39, 0.29) is 17.4 Å². The molecule has 19 heavy (non-hydrogen) atoms. The summed E-state index contributed by atoms with van der Waals surface area (Å²) in [7, 11) is 1.92. The first-order chi connectivity index (χ1) is 9.04. The Morgan fingerprint density at radius 1 is 1.26 bits per heavy atom. The Hall–Kier alpha value is -1.35. The molecule has 1 aromatic carbocycles. The van der Waals surface area contributed by atoms with Crippen LogP contribution in [0.25, 0.3) is 0 Å². The molecule has 1 heterocycles. The summed E-state index contributed by atoms with van der Waals surface area (Å²) in [4.78, 5) is 14.6. The summed E-state index contributed by atoms with van der Waals surface area (Å²) in [5.41, 5.74) is 0.985. The van der Waals surface area contributed by atoms with Crippen molar-refractivity contribution in [3.63, 3.8) is 0 Å². The van der Waals surface area contributed by atoms with Crippen molar-refractivity contribution in [1.82, 2.24) is 10.2 Å². The molecule has 1 atom stereocenters. The summed E-state index contributed by atoms with van der Waals surface area (Å²) in [6.45, 7) is 6.08. The first-order valence-corrected chi connectivity index (χ1v) is 7.07. The summed E-state index contributed by atoms with van der Waals surface area (Å²) in [5, 5.41) is 3.32. The minimum absolute atomic E-state index is 0.125. The van der Waals surface area contributed by atoms with Crippen LogP contribution in [0.3, 0.4) is 0 Å². The van der Waals surface area contributed by atoms with E-state index in [1.54, 1.807) is 0 Å². The maximum Gasteiger partial charge on any atom is 0.228 e. The molecule has 3 heteroatoms. The number of benzene rings is 1. The molecule has 1 saturated heterocycles. The zero-order valence-electron chi connectivity index (χ0n) is 12.1. The molecule has 1 fully saturated rings. The summed E-state index contributed by atoms with van der Waals surface area (Å²) in [5.74, 6) is 0.269. The number of hydrogen-bond acceptors (Lipinski definition) is 2. The fraction of sp³-hybridized carbons (Fsp3) is 0.562. The van der Waals surface area contributed by atoms with Crippen molar-refractivity contribution >= 4 is 5.91 Å². The number of carbonyl (C=O) groups is 1. The Kier molecular flexibility index (Phi) is 4.25. The third-order valence-electron chi connectivity index (χ3n) is 4.41. The first-order valence-electron chi connectivity index (χ1n) is 7.07. The van der Waals surface area contributed by atoms with E-state index in [2.05, 4.69) is 31.3 Å². The topological polar surface area (TPSA) is 32.3 Å². The Morgan fingerprint density at radius 2 is 1.84 bits per heavy atom. The average molecular weight is 260 g/mol. The highest BCUT2D eigenvalue weighted by Crippen LogP contribution is 2.32. The predicted molar refractivity (Wildman–Crippen MR) is 77.8 cm³/mol. The predicted octanol–water partition coefficient (Wildman–Crippen LogP) is 2.60. The van der Waals surface area contributed by atoms with Gasteiger partial charge in [0.2, 0.25) is 5.91 Å². The van der Waals surface area contributed by atoms with Crippen LogP contribution < -0.4 is 5.32 Å². The second-order valence-corrected chi connectivity index (χ2v) is 5.81. The second kappa shape index (κ2) is 5.74. The molecule has 0 aliphatic carbocycles. The van der Waals surface area contributed by atoms with Crippen molar-refractivity contribution in [2.45, 2.75) is 32.7 Å². The molecular formula is C16H24N2O. The molecule has 104 valence electrons. The molecule has 1 N–H and O–H groups in total. The van der Waals surface area contributed by atoms with Gasteiger partial charge in [-0.05, 0) is 38.4 Å². The van der Waals surface area contributed by atoms with Crippen LogP contribution in [0.4, 0.5) is 0 Å². The van der Waals surface area contributed by atoms with Crippen LogP contribution in [-0.4, -0.2) is 30.9 Å². The molecule has 0 radical (unpaired) electrons. The SMILES string of the molecule is CC(c1ccccc1)N(C)C(=O)C1(C)CCNCC1. The van der Waals surface area contributed by atoms with E-state index in [1.807, 2.05) is 30.1 Å². The van der Waals surface area contributed by atoms with Gasteiger partial charge in [-0.15, -0.1) is 0 Å². The zero-order chi connectivity index (χ0) is 13.9. The minimum Gasteiger partial charge on any atom is -0.339 e. The lowest BCUT2D eigenvalue weighted by atomic mass is 9.79. The van der Waals surface area contributed by atoms with Gasteiger partial charge in [0.05, 0.1) is 6.04 Å². The van der Waals surface area contributed by atoms with Crippen molar-refractivity contribution in [3.05, 3.63) is 35.9 Å². The largest absolute Gasteiger partial charge is 0.339 e. The lowest BCUT2D eigenvalue weighted by molar-refractivity contribution is -0.143. The van der Waals surface area contributed by atoms with Gasteiger partial charge < -0.3 is 10.2 Å². The van der Waals surface area contributed by atoms with Gasteiger partial charge in [-0.3, -0.25) is 4.79 Å². The van der Waals surface area contributed by atoms with Crippen molar-refractivity contribution in [2.24, 2.45) is 5.41 Å². The number of amides is 1. The number of hydrogen-bond donors (Lipinski definition) is 1. The molecule has 2 rings (SSSR count). The minimum atomic E-state index is -0.205. The van der Waals surface area contributed by atoms with E-state index < -0.39 is 0 Å². The lowest BCUT2D eigenvalue weighted by Crippen LogP contribution is -2.47. The van der Waals surface area contributed by atoms with Crippen LogP contribution in [0.2, 0.25) is 0 Å². The van der Waals surface area contributed by atoms with Gasteiger partial charge in [0, 0.05) is 12.5 Å². The molecule has 1 aromatic rings. The standard InChI is InChI=1S/C16H24N2O/c1-13(14-7-5-4-6-8-14)18(3)15(19)16(2)9-11-17-12-10-16/h4-8,13,17H,9-12H2,1-3H3. The Balaban J connectivity index is 2.10. The number of rotatable bonds is 3. The van der Waals surface area contributed by atoms with Crippen LogP contribution in [0, 0.1) is 5.41 Å². The fourth-order valence-corrected chi connectivity index (χ4v) is 2.75. The summed E-state index contributed by atoms with van der Waals surface area (Å²) < 4.78 is 0. The molecule has 1 aliphatic heterocycles. The zero-order valence-corrected chi connectivity index (χ0v) is 12.1.